The number of aromatic nitrogens is 2. The van der Waals surface area contributed by atoms with Gasteiger partial charge < -0.3 is 4.42 Å². The zero-order chi connectivity index (χ0) is 16.9. The Kier molecular flexibility index (Phi) is 4.08. The summed E-state index contributed by atoms with van der Waals surface area (Å²) in [5.74, 6) is -0.988. The van der Waals surface area contributed by atoms with Gasteiger partial charge in [0.25, 0.3) is 5.89 Å². The Morgan fingerprint density at radius 1 is 1.14 bits per heavy atom. The Bertz CT molecular complexity index is 750. The predicted molar refractivity (Wildman–Crippen MR) is 76.2 cm³/mol. The molecule has 22 heavy (non-hydrogen) atoms. The van der Waals surface area contributed by atoms with Gasteiger partial charge in [-0.05, 0) is 32.9 Å². The van der Waals surface area contributed by atoms with Gasteiger partial charge in [-0.15, -0.1) is 5.10 Å². The number of hydrogen-bond donors (Lipinski definition) is 0. The molecule has 0 aliphatic heterocycles. The molecule has 0 radical (unpaired) electrons. The Labute approximate surface area is 133 Å². The molecule has 1 aromatic carbocycles. The molecule has 0 unspecified atom stereocenters. The van der Waals surface area contributed by atoms with Gasteiger partial charge in [-0.2, -0.15) is 17.9 Å². The zero-order valence-corrected chi connectivity index (χ0v) is 13.3. The highest BCUT2D eigenvalue weighted by molar-refractivity contribution is 6.39. The number of alkyl halides is 3. The summed E-state index contributed by atoms with van der Waals surface area (Å²) < 4.78 is 44.1. The SMILES string of the molecule is CC(C)(C)n1nc(-c2c(Cl)cc(C(F)(F)F)cc2Cl)oc1=O. The molecular weight excluding hydrogens is 344 g/mol. The first-order valence-electron chi connectivity index (χ1n) is 6.08. The summed E-state index contributed by atoms with van der Waals surface area (Å²) >= 11 is 11.7. The molecule has 9 heteroatoms. The van der Waals surface area contributed by atoms with Crippen LogP contribution in [0.3, 0.4) is 0 Å². The van der Waals surface area contributed by atoms with Gasteiger partial charge in [-0.1, -0.05) is 23.2 Å². The lowest BCUT2D eigenvalue weighted by molar-refractivity contribution is -0.137. The van der Waals surface area contributed by atoms with Crippen molar-refractivity contribution in [1.82, 2.24) is 9.78 Å². The minimum absolute atomic E-state index is 0.0589. The van der Waals surface area contributed by atoms with Crippen molar-refractivity contribution < 1.29 is 17.6 Å². The van der Waals surface area contributed by atoms with E-state index in [1.807, 2.05) is 0 Å². The van der Waals surface area contributed by atoms with E-state index in [0.717, 1.165) is 4.68 Å². The number of rotatable bonds is 1. The Morgan fingerprint density at radius 3 is 2.00 bits per heavy atom. The van der Waals surface area contributed by atoms with Gasteiger partial charge in [0, 0.05) is 0 Å². The smallest absolute Gasteiger partial charge is 0.387 e. The van der Waals surface area contributed by atoms with Gasteiger partial charge in [0.15, 0.2) is 0 Å². The second-order valence-corrected chi connectivity index (χ2v) is 6.38. The Hall–Kier alpha value is -1.47. The third-order valence-electron chi connectivity index (χ3n) is 2.77. The summed E-state index contributed by atoms with van der Waals surface area (Å²) in [6, 6.07) is 1.41. The second kappa shape index (κ2) is 5.31. The van der Waals surface area contributed by atoms with E-state index in [1.54, 1.807) is 20.8 Å². The molecule has 1 heterocycles. The second-order valence-electron chi connectivity index (χ2n) is 5.57. The topological polar surface area (TPSA) is 48.0 Å². The Balaban J connectivity index is 2.62. The summed E-state index contributed by atoms with van der Waals surface area (Å²) in [5.41, 5.74) is -1.72. The quantitative estimate of drug-likeness (QED) is 0.752. The van der Waals surface area contributed by atoms with Gasteiger partial charge in [-0.3, -0.25) is 0 Å². The first-order chi connectivity index (χ1) is 9.91. The van der Waals surface area contributed by atoms with E-state index in [0.29, 0.717) is 12.1 Å². The lowest BCUT2D eigenvalue weighted by Crippen LogP contribution is -2.32. The highest BCUT2D eigenvalue weighted by Crippen LogP contribution is 2.39. The van der Waals surface area contributed by atoms with Gasteiger partial charge in [0.05, 0.1) is 26.7 Å². The molecule has 0 aliphatic rings. The van der Waals surface area contributed by atoms with Gasteiger partial charge in [-0.25, -0.2) is 4.79 Å². The monoisotopic (exact) mass is 354 g/mol. The maximum Gasteiger partial charge on any atom is 0.437 e. The highest BCUT2D eigenvalue weighted by Gasteiger charge is 2.33. The van der Waals surface area contributed by atoms with Crippen LogP contribution in [0.1, 0.15) is 26.3 Å². The summed E-state index contributed by atoms with van der Waals surface area (Å²) in [6.45, 7) is 5.16. The first kappa shape index (κ1) is 16.9. The molecule has 0 saturated heterocycles. The molecule has 0 amide bonds. The lowest BCUT2D eigenvalue weighted by atomic mass is 10.1. The van der Waals surface area contributed by atoms with Crippen molar-refractivity contribution in [3.63, 3.8) is 0 Å². The van der Waals surface area contributed by atoms with E-state index < -0.39 is 23.0 Å². The third-order valence-corrected chi connectivity index (χ3v) is 3.36. The van der Waals surface area contributed by atoms with Crippen LogP contribution in [0, 0.1) is 0 Å². The van der Waals surface area contributed by atoms with Crippen molar-refractivity contribution >= 4 is 23.2 Å². The molecule has 0 atom stereocenters. The third kappa shape index (κ3) is 3.15. The summed E-state index contributed by atoms with van der Waals surface area (Å²) in [5, 5.41) is 3.35. The molecule has 0 bridgehead atoms. The first-order valence-corrected chi connectivity index (χ1v) is 6.84. The molecule has 120 valence electrons. The van der Waals surface area contributed by atoms with Crippen molar-refractivity contribution in [3.8, 4) is 11.5 Å². The number of halogens is 5. The average Bonchev–Trinajstić information content (AvgIpc) is 2.68. The summed E-state index contributed by atoms with van der Waals surface area (Å²) in [4.78, 5) is 11.8. The fraction of sp³-hybridized carbons (Fsp3) is 0.385. The lowest BCUT2D eigenvalue weighted by Gasteiger charge is -2.15. The van der Waals surface area contributed by atoms with Crippen molar-refractivity contribution in [2.75, 3.05) is 0 Å². The van der Waals surface area contributed by atoms with Crippen molar-refractivity contribution in [2.24, 2.45) is 0 Å². The van der Waals surface area contributed by atoms with E-state index in [1.165, 1.54) is 0 Å². The largest absolute Gasteiger partial charge is 0.437 e. The summed E-state index contributed by atoms with van der Waals surface area (Å²) in [6.07, 6.45) is -4.59. The van der Waals surface area contributed by atoms with E-state index in [2.05, 4.69) is 5.10 Å². The molecular formula is C13H11Cl2F3N2O2. The van der Waals surface area contributed by atoms with Crippen LogP contribution in [-0.4, -0.2) is 9.78 Å². The Morgan fingerprint density at radius 2 is 1.64 bits per heavy atom. The number of nitrogens with zero attached hydrogens (tertiary/aromatic N) is 2. The molecule has 4 nitrogen and oxygen atoms in total. The normalized spacial score (nSPS) is 12.7. The molecule has 0 N–H and O–H groups in total. The molecule has 0 saturated carbocycles. The van der Waals surface area contributed by atoms with Crippen LogP contribution in [-0.2, 0) is 11.7 Å². The van der Waals surface area contributed by atoms with Crippen LogP contribution in [0.5, 0.6) is 0 Å². The van der Waals surface area contributed by atoms with Crippen LogP contribution < -0.4 is 5.76 Å². The number of benzene rings is 1. The maximum atomic E-state index is 12.7. The highest BCUT2D eigenvalue weighted by atomic mass is 35.5. The van der Waals surface area contributed by atoms with E-state index in [9.17, 15) is 18.0 Å². The molecule has 1 aromatic heterocycles. The molecule has 0 spiro atoms. The molecule has 0 aliphatic carbocycles. The van der Waals surface area contributed by atoms with Gasteiger partial charge >= 0.3 is 11.9 Å². The average molecular weight is 355 g/mol. The standard InChI is InChI=1S/C13H11Cl2F3N2O2/c1-12(2,3)20-11(21)22-10(19-20)9-7(14)4-6(5-8(9)15)13(16,17)18/h4-5H,1-3H3. The van der Waals surface area contributed by atoms with Crippen molar-refractivity contribution in [2.45, 2.75) is 32.5 Å². The van der Waals surface area contributed by atoms with Crippen LogP contribution in [0.2, 0.25) is 10.0 Å². The van der Waals surface area contributed by atoms with Gasteiger partial charge in [0.2, 0.25) is 0 Å². The van der Waals surface area contributed by atoms with Crippen LogP contribution >= 0.6 is 23.2 Å². The van der Waals surface area contributed by atoms with Crippen LogP contribution in [0.15, 0.2) is 21.3 Å². The summed E-state index contributed by atoms with van der Waals surface area (Å²) in [7, 11) is 0. The minimum atomic E-state index is -4.59. The minimum Gasteiger partial charge on any atom is -0.387 e. The van der Waals surface area contributed by atoms with Gasteiger partial charge in [0.1, 0.15) is 0 Å². The molecule has 0 fully saturated rings. The fourth-order valence-corrected chi connectivity index (χ4v) is 2.39. The number of hydrogen-bond acceptors (Lipinski definition) is 3. The predicted octanol–water partition coefficient (Wildman–Crippen LogP) is 4.58. The fourth-order valence-electron chi connectivity index (χ4n) is 1.74. The van der Waals surface area contributed by atoms with Crippen LogP contribution in [0.4, 0.5) is 13.2 Å². The zero-order valence-electron chi connectivity index (χ0n) is 11.8. The van der Waals surface area contributed by atoms with Crippen molar-refractivity contribution in [3.05, 3.63) is 38.3 Å². The van der Waals surface area contributed by atoms with Crippen molar-refractivity contribution in [1.29, 1.82) is 0 Å². The maximum absolute atomic E-state index is 12.7. The van der Waals surface area contributed by atoms with Crippen LogP contribution in [0.25, 0.3) is 11.5 Å². The van der Waals surface area contributed by atoms with E-state index in [-0.39, 0.29) is 21.5 Å². The molecule has 2 aromatic rings. The van der Waals surface area contributed by atoms with E-state index in [4.69, 9.17) is 27.6 Å². The molecule has 2 rings (SSSR count). The van der Waals surface area contributed by atoms with E-state index >= 15 is 0 Å².